The zero-order valence-electron chi connectivity index (χ0n) is 14.6. The van der Waals surface area contributed by atoms with E-state index in [1.54, 1.807) is 18.5 Å². The van der Waals surface area contributed by atoms with E-state index in [2.05, 4.69) is 25.1 Å². The van der Waals surface area contributed by atoms with Gasteiger partial charge in [0.05, 0.1) is 11.8 Å². The molecule has 3 rings (SSSR count). The first-order valence-corrected chi connectivity index (χ1v) is 9.55. The third-order valence-corrected chi connectivity index (χ3v) is 5.41. The predicted molar refractivity (Wildman–Crippen MR) is 97.9 cm³/mol. The van der Waals surface area contributed by atoms with Crippen molar-refractivity contribution < 1.29 is 14.4 Å². The molecule has 0 aromatic carbocycles. The third-order valence-electron chi connectivity index (χ3n) is 4.55. The number of carbonyl (C=O) groups excluding carboxylic acids is 3. The van der Waals surface area contributed by atoms with Gasteiger partial charge in [-0.1, -0.05) is 11.8 Å². The number of hydrogen-bond donors (Lipinski definition) is 1. The lowest BCUT2D eigenvalue weighted by atomic mass is 10.2. The molecule has 2 fully saturated rings. The highest BCUT2D eigenvalue weighted by atomic mass is 32.2. The fraction of sp³-hybridized carbons (Fsp3) is 0.562. The summed E-state index contributed by atoms with van der Waals surface area (Å²) in [5.41, 5.74) is 0. The first kappa shape index (κ1) is 18.6. The van der Waals surface area contributed by atoms with E-state index in [-0.39, 0.29) is 41.9 Å². The van der Waals surface area contributed by atoms with Crippen LogP contribution >= 0.6 is 11.8 Å². The molecule has 0 unspecified atom stereocenters. The van der Waals surface area contributed by atoms with Crippen molar-refractivity contribution >= 4 is 34.8 Å². The highest BCUT2D eigenvalue weighted by molar-refractivity contribution is 8.14. The molecule has 1 aromatic heterocycles. The second-order valence-corrected chi connectivity index (χ2v) is 7.07. The van der Waals surface area contributed by atoms with Gasteiger partial charge in [-0.25, -0.2) is 9.97 Å². The molecule has 3 amide bonds. The molecule has 10 heteroatoms. The Morgan fingerprint density at radius 2 is 1.92 bits per heavy atom. The number of piperazine rings is 1. The maximum atomic E-state index is 12.3. The van der Waals surface area contributed by atoms with Crippen LogP contribution in [0.3, 0.4) is 0 Å². The average Bonchev–Trinajstić information content (AvgIpc) is 3.00. The van der Waals surface area contributed by atoms with Crippen molar-refractivity contribution in [2.24, 2.45) is 0 Å². The van der Waals surface area contributed by atoms with Crippen molar-refractivity contribution in [3.63, 3.8) is 0 Å². The molecule has 0 saturated carbocycles. The van der Waals surface area contributed by atoms with E-state index >= 15 is 0 Å². The fourth-order valence-electron chi connectivity index (χ4n) is 2.97. The van der Waals surface area contributed by atoms with Crippen LogP contribution < -0.4 is 10.2 Å². The summed E-state index contributed by atoms with van der Waals surface area (Å²) in [6.45, 7) is 5.37. The van der Waals surface area contributed by atoms with Crippen LogP contribution in [0.1, 0.15) is 6.92 Å². The minimum absolute atomic E-state index is 0.0961. The highest BCUT2D eigenvalue weighted by Crippen LogP contribution is 2.17. The minimum Gasteiger partial charge on any atom is -0.353 e. The van der Waals surface area contributed by atoms with E-state index in [1.807, 2.05) is 6.92 Å². The van der Waals surface area contributed by atoms with Gasteiger partial charge in [-0.2, -0.15) is 0 Å². The van der Waals surface area contributed by atoms with E-state index < -0.39 is 0 Å². The van der Waals surface area contributed by atoms with E-state index in [0.29, 0.717) is 5.95 Å². The van der Waals surface area contributed by atoms with E-state index in [4.69, 9.17) is 0 Å². The zero-order valence-corrected chi connectivity index (χ0v) is 15.4. The maximum absolute atomic E-state index is 12.3. The van der Waals surface area contributed by atoms with Gasteiger partial charge in [-0.05, 0) is 13.0 Å². The largest absolute Gasteiger partial charge is 0.353 e. The fourth-order valence-corrected chi connectivity index (χ4v) is 3.72. The number of carbonyl (C=O) groups is 3. The smallest absolute Gasteiger partial charge is 0.288 e. The van der Waals surface area contributed by atoms with Crippen LogP contribution in [0.5, 0.6) is 0 Å². The summed E-state index contributed by atoms with van der Waals surface area (Å²) < 4.78 is 0. The number of thioether (sulfide) groups is 1. The lowest BCUT2D eigenvalue weighted by Crippen LogP contribution is -2.54. The monoisotopic (exact) mass is 378 g/mol. The van der Waals surface area contributed by atoms with Gasteiger partial charge in [-0.3, -0.25) is 24.2 Å². The number of rotatable bonds is 6. The summed E-state index contributed by atoms with van der Waals surface area (Å²) >= 11 is 1.00. The van der Waals surface area contributed by atoms with Gasteiger partial charge >= 0.3 is 0 Å². The van der Waals surface area contributed by atoms with E-state index in [9.17, 15) is 14.4 Å². The Morgan fingerprint density at radius 3 is 2.54 bits per heavy atom. The lowest BCUT2D eigenvalue weighted by molar-refractivity contribution is -0.127. The molecular formula is C16H22N6O3S. The molecule has 1 N–H and O–H groups in total. The van der Waals surface area contributed by atoms with Crippen LogP contribution in [0, 0.1) is 0 Å². The number of amides is 3. The van der Waals surface area contributed by atoms with Crippen LogP contribution in [0.4, 0.5) is 10.7 Å². The Hall–Kier alpha value is -2.20. The van der Waals surface area contributed by atoms with Crippen LogP contribution in [-0.4, -0.2) is 87.9 Å². The average molecular weight is 378 g/mol. The molecule has 1 atom stereocenters. The lowest BCUT2D eigenvalue weighted by Gasteiger charge is -2.37. The molecular weight excluding hydrogens is 356 g/mol. The molecule has 0 radical (unpaired) electrons. The number of nitrogens with zero attached hydrogens (tertiary/aromatic N) is 5. The first-order valence-electron chi connectivity index (χ1n) is 8.57. The van der Waals surface area contributed by atoms with Crippen molar-refractivity contribution in [3.05, 3.63) is 18.5 Å². The molecule has 0 aliphatic carbocycles. The second-order valence-electron chi connectivity index (χ2n) is 6.14. The third kappa shape index (κ3) is 4.31. The number of anilines is 1. The number of imide groups is 1. The summed E-state index contributed by atoms with van der Waals surface area (Å²) in [5.74, 6) is 0.614. The van der Waals surface area contributed by atoms with Gasteiger partial charge in [0, 0.05) is 51.7 Å². The molecule has 0 spiro atoms. The molecule has 0 bridgehead atoms. The SMILES string of the molecule is C[C@H](C(=O)NCCN1C(=O)CSC1=O)N1CCN(c2ncccn2)CC1. The van der Waals surface area contributed by atoms with Crippen LogP contribution in [-0.2, 0) is 9.59 Å². The molecule has 2 saturated heterocycles. The summed E-state index contributed by atoms with van der Waals surface area (Å²) in [6.07, 6.45) is 3.44. The van der Waals surface area contributed by atoms with E-state index in [1.165, 1.54) is 4.90 Å². The highest BCUT2D eigenvalue weighted by Gasteiger charge is 2.30. The maximum Gasteiger partial charge on any atom is 0.288 e. The molecule has 26 heavy (non-hydrogen) atoms. The van der Waals surface area contributed by atoms with E-state index in [0.717, 1.165) is 37.9 Å². The quantitative estimate of drug-likeness (QED) is 0.727. The van der Waals surface area contributed by atoms with Crippen molar-refractivity contribution in [1.29, 1.82) is 0 Å². The number of aromatic nitrogens is 2. The van der Waals surface area contributed by atoms with Gasteiger partial charge in [0.2, 0.25) is 17.8 Å². The topological polar surface area (TPSA) is 98.7 Å². The van der Waals surface area contributed by atoms with Gasteiger partial charge in [-0.15, -0.1) is 0 Å². The Kier molecular flexibility index (Phi) is 6.04. The van der Waals surface area contributed by atoms with Gasteiger partial charge in [0.1, 0.15) is 0 Å². The number of hydrogen-bond acceptors (Lipinski definition) is 8. The Morgan fingerprint density at radius 1 is 1.23 bits per heavy atom. The molecule has 1 aromatic rings. The van der Waals surface area contributed by atoms with Gasteiger partial charge in [0.25, 0.3) is 5.24 Å². The zero-order chi connectivity index (χ0) is 18.5. The van der Waals surface area contributed by atoms with Crippen molar-refractivity contribution in [1.82, 2.24) is 25.1 Å². The van der Waals surface area contributed by atoms with Crippen LogP contribution in [0.15, 0.2) is 18.5 Å². The van der Waals surface area contributed by atoms with Gasteiger partial charge in [0.15, 0.2) is 0 Å². The predicted octanol–water partition coefficient (Wildman–Crippen LogP) is -0.201. The van der Waals surface area contributed by atoms with Crippen LogP contribution in [0.2, 0.25) is 0 Å². The Balaban J connectivity index is 1.41. The summed E-state index contributed by atoms with van der Waals surface area (Å²) in [4.78, 5) is 49.3. The molecule has 3 heterocycles. The summed E-state index contributed by atoms with van der Waals surface area (Å²) in [7, 11) is 0. The second kappa shape index (κ2) is 8.45. The Labute approximate surface area is 156 Å². The normalized spacial score (nSPS) is 19.7. The minimum atomic E-state index is -0.270. The van der Waals surface area contributed by atoms with Crippen molar-refractivity contribution in [2.45, 2.75) is 13.0 Å². The molecule has 2 aliphatic heterocycles. The van der Waals surface area contributed by atoms with Crippen molar-refractivity contribution in [2.75, 3.05) is 49.9 Å². The van der Waals surface area contributed by atoms with Crippen molar-refractivity contribution in [3.8, 4) is 0 Å². The van der Waals surface area contributed by atoms with Gasteiger partial charge < -0.3 is 10.2 Å². The standard InChI is InChI=1S/C16H22N6O3S/c1-12(14(24)17-5-6-22-13(23)11-26-16(22)25)20-7-9-21(10-8-20)15-18-3-2-4-19-15/h2-4,12H,5-11H2,1H3,(H,17,24)/t12-/m1/s1. The summed E-state index contributed by atoms with van der Waals surface area (Å²) in [6, 6.07) is 1.52. The molecule has 140 valence electrons. The van der Waals surface area contributed by atoms with Crippen LogP contribution in [0.25, 0.3) is 0 Å². The molecule has 9 nitrogen and oxygen atoms in total. The summed E-state index contributed by atoms with van der Waals surface area (Å²) in [5, 5.41) is 2.58. The Bertz CT molecular complexity index is 649. The molecule has 2 aliphatic rings. The first-order chi connectivity index (χ1) is 12.6. The number of nitrogens with one attached hydrogen (secondary N) is 1.